The Labute approximate surface area is 195 Å². The molecule has 0 radical (unpaired) electrons. The van der Waals surface area contributed by atoms with E-state index >= 15 is 0 Å². The van der Waals surface area contributed by atoms with Crippen LogP contribution in [-0.4, -0.2) is 30.9 Å². The highest BCUT2D eigenvalue weighted by Gasteiger charge is 2.40. The zero-order chi connectivity index (χ0) is 23.5. The lowest BCUT2D eigenvalue weighted by Gasteiger charge is -2.16. The van der Waals surface area contributed by atoms with Crippen LogP contribution in [0, 0.1) is 5.82 Å². The van der Waals surface area contributed by atoms with Gasteiger partial charge in [-0.2, -0.15) is 0 Å². The third-order valence-corrected chi connectivity index (χ3v) is 5.55. The minimum Gasteiger partial charge on any atom is -0.496 e. The number of ether oxygens (including phenoxy) is 2. The molecule has 3 aromatic rings. The minimum absolute atomic E-state index is 0.0436. The van der Waals surface area contributed by atoms with Crippen molar-refractivity contribution in [1.29, 1.82) is 0 Å². The molecule has 33 heavy (non-hydrogen) atoms. The lowest BCUT2D eigenvalue weighted by Crippen LogP contribution is -2.32. The van der Waals surface area contributed by atoms with Gasteiger partial charge in [-0.1, -0.05) is 48.0 Å². The number of nitrogens with one attached hydrogen (secondary N) is 1. The summed E-state index contributed by atoms with van der Waals surface area (Å²) in [7, 11) is 2.98. The van der Waals surface area contributed by atoms with Gasteiger partial charge in [-0.05, 0) is 30.3 Å². The molecule has 0 saturated heterocycles. The van der Waals surface area contributed by atoms with E-state index < -0.39 is 17.6 Å². The maximum Gasteiger partial charge on any atom is 0.278 e. The smallest absolute Gasteiger partial charge is 0.278 e. The van der Waals surface area contributed by atoms with Gasteiger partial charge >= 0.3 is 0 Å². The van der Waals surface area contributed by atoms with E-state index in [0.29, 0.717) is 27.8 Å². The van der Waals surface area contributed by atoms with Crippen LogP contribution in [0.15, 0.2) is 72.4 Å². The predicted octanol–water partition coefficient (Wildman–Crippen LogP) is 4.89. The van der Waals surface area contributed by atoms with Crippen LogP contribution < -0.4 is 14.8 Å². The van der Waals surface area contributed by atoms with Gasteiger partial charge in [0.15, 0.2) is 0 Å². The predicted molar refractivity (Wildman–Crippen MR) is 123 cm³/mol. The molecule has 0 spiro atoms. The van der Waals surface area contributed by atoms with Gasteiger partial charge in [0.1, 0.15) is 23.0 Å². The number of methoxy groups -OCH3 is 2. The molecule has 0 unspecified atom stereocenters. The highest BCUT2D eigenvalue weighted by molar-refractivity contribution is 6.37. The van der Waals surface area contributed by atoms with E-state index in [2.05, 4.69) is 5.32 Å². The van der Waals surface area contributed by atoms with Crippen LogP contribution >= 0.6 is 11.6 Å². The lowest BCUT2D eigenvalue weighted by atomic mass is 10.0. The Bertz CT molecular complexity index is 1270. The number of hydrogen-bond donors (Lipinski definition) is 1. The van der Waals surface area contributed by atoms with Crippen LogP contribution in [0.25, 0.3) is 5.57 Å². The molecular formula is C25H20ClFN2O4. The third kappa shape index (κ3) is 4.27. The third-order valence-electron chi connectivity index (χ3n) is 5.25. The monoisotopic (exact) mass is 466 g/mol. The Morgan fingerprint density at radius 1 is 0.909 bits per heavy atom. The van der Waals surface area contributed by atoms with Crippen molar-refractivity contribution in [3.63, 3.8) is 0 Å². The molecular weight excluding hydrogens is 447 g/mol. The van der Waals surface area contributed by atoms with Crippen molar-refractivity contribution >= 4 is 34.7 Å². The number of carbonyl (C=O) groups is 2. The molecule has 0 atom stereocenters. The van der Waals surface area contributed by atoms with E-state index in [1.807, 2.05) is 0 Å². The summed E-state index contributed by atoms with van der Waals surface area (Å²) in [5, 5.41) is 3.36. The lowest BCUT2D eigenvalue weighted by molar-refractivity contribution is -0.137. The second-order valence-corrected chi connectivity index (χ2v) is 7.62. The van der Waals surface area contributed by atoms with E-state index in [1.165, 1.54) is 26.4 Å². The summed E-state index contributed by atoms with van der Waals surface area (Å²) in [4.78, 5) is 27.9. The first kappa shape index (κ1) is 22.4. The summed E-state index contributed by atoms with van der Waals surface area (Å²) >= 11 is 6.23. The number of amides is 2. The molecule has 0 bridgehead atoms. The fraction of sp³-hybridized carbons (Fsp3) is 0.120. The molecule has 6 nitrogen and oxygen atoms in total. The zero-order valence-corrected chi connectivity index (χ0v) is 18.7. The summed E-state index contributed by atoms with van der Waals surface area (Å²) in [6.45, 7) is -0.211. The average Bonchev–Trinajstić information content (AvgIpc) is 3.04. The summed E-state index contributed by atoms with van der Waals surface area (Å²) in [5.74, 6) is -0.754. The van der Waals surface area contributed by atoms with Crippen molar-refractivity contribution in [2.75, 3.05) is 19.5 Å². The standard InChI is InChI=1S/C25H20ClFN2O4/c1-32-20-10-6-4-8-17(20)22-23(28-16-11-12-21(33-2)18(26)13-16)25(31)29(24(22)30)14-15-7-3-5-9-19(15)27/h3-13,28H,14H2,1-2H3. The van der Waals surface area contributed by atoms with Crippen LogP contribution in [0.5, 0.6) is 11.5 Å². The van der Waals surface area contributed by atoms with Crippen molar-refractivity contribution in [3.05, 3.63) is 94.4 Å². The molecule has 2 amide bonds. The van der Waals surface area contributed by atoms with Gasteiger partial charge in [-0.15, -0.1) is 0 Å². The number of rotatable bonds is 7. The topological polar surface area (TPSA) is 67.9 Å². The van der Waals surface area contributed by atoms with E-state index in [9.17, 15) is 14.0 Å². The van der Waals surface area contributed by atoms with Crippen molar-refractivity contribution < 1.29 is 23.5 Å². The molecule has 0 aromatic heterocycles. The highest BCUT2D eigenvalue weighted by atomic mass is 35.5. The van der Waals surface area contributed by atoms with Gasteiger partial charge in [0, 0.05) is 16.8 Å². The van der Waals surface area contributed by atoms with Gasteiger partial charge in [0.25, 0.3) is 11.8 Å². The van der Waals surface area contributed by atoms with Crippen LogP contribution in [0.3, 0.4) is 0 Å². The van der Waals surface area contributed by atoms with E-state index in [1.54, 1.807) is 54.6 Å². The van der Waals surface area contributed by atoms with Crippen LogP contribution in [0.4, 0.5) is 10.1 Å². The maximum absolute atomic E-state index is 14.3. The average molecular weight is 467 g/mol. The number of imide groups is 1. The first-order valence-corrected chi connectivity index (χ1v) is 10.4. The van der Waals surface area contributed by atoms with Gasteiger partial charge in [0.2, 0.25) is 0 Å². The fourth-order valence-corrected chi connectivity index (χ4v) is 3.88. The van der Waals surface area contributed by atoms with E-state index in [0.717, 1.165) is 4.90 Å². The molecule has 0 aliphatic carbocycles. The Morgan fingerprint density at radius 2 is 1.61 bits per heavy atom. The first-order valence-electron chi connectivity index (χ1n) is 10.0. The summed E-state index contributed by atoms with van der Waals surface area (Å²) in [6.07, 6.45) is 0. The summed E-state index contributed by atoms with van der Waals surface area (Å²) < 4.78 is 24.9. The molecule has 1 heterocycles. The van der Waals surface area contributed by atoms with E-state index in [-0.39, 0.29) is 23.4 Å². The fourth-order valence-electron chi connectivity index (χ4n) is 3.62. The summed E-state index contributed by atoms with van der Waals surface area (Å²) in [6, 6.07) is 17.8. The van der Waals surface area contributed by atoms with Gasteiger partial charge in [-0.25, -0.2) is 4.39 Å². The molecule has 0 saturated carbocycles. The minimum atomic E-state index is -0.587. The number of para-hydroxylation sites is 1. The number of halogens is 2. The van der Waals surface area contributed by atoms with Crippen molar-refractivity contribution in [1.82, 2.24) is 4.90 Å². The second-order valence-electron chi connectivity index (χ2n) is 7.21. The van der Waals surface area contributed by atoms with Gasteiger partial charge < -0.3 is 14.8 Å². The number of carbonyl (C=O) groups excluding carboxylic acids is 2. The zero-order valence-electron chi connectivity index (χ0n) is 17.9. The largest absolute Gasteiger partial charge is 0.496 e. The molecule has 1 aliphatic heterocycles. The normalized spacial score (nSPS) is 13.5. The number of hydrogen-bond acceptors (Lipinski definition) is 5. The SMILES string of the molecule is COc1ccc(NC2=C(c3ccccc3OC)C(=O)N(Cc3ccccc3F)C2=O)cc1Cl. The van der Waals surface area contributed by atoms with Gasteiger partial charge in [-0.3, -0.25) is 14.5 Å². The van der Waals surface area contributed by atoms with Crippen molar-refractivity contribution in [2.24, 2.45) is 0 Å². The molecule has 0 fully saturated rings. The Balaban J connectivity index is 1.79. The summed E-state index contributed by atoms with van der Waals surface area (Å²) in [5.41, 5.74) is 1.32. The number of nitrogens with zero attached hydrogens (tertiary/aromatic N) is 1. The van der Waals surface area contributed by atoms with E-state index in [4.69, 9.17) is 21.1 Å². The number of anilines is 1. The van der Waals surface area contributed by atoms with Gasteiger partial charge in [0.05, 0.1) is 31.4 Å². The highest BCUT2D eigenvalue weighted by Crippen LogP contribution is 2.37. The van der Waals surface area contributed by atoms with Crippen LogP contribution in [0.1, 0.15) is 11.1 Å². The van der Waals surface area contributed by atoms with Crippen molar-refractivity contribution in [3.8, 4) is 11.5 Å². The Kier molecular flexibility index (Phi) is 6.33. The first-order chi connectivity index (χ1) is 15.9. The molecule has 8 heteroatoms. The molecule has 4 rings (SSSR count). The Hall–Kier alpha value is -3.84. The molecule has 168 valence electrons. The second kappa shape index (κ2) is 9.34. The molecule has 3 aromatic carbocycles. The van der Waals surface area contributed by atoms with Crippen LogP contribution in [0.2, 0.25) is 5.02 Å². The Morgan fingerprint density at radius 3 is 2.30 bits per heavy atom. The molecule has 1 aliphatic rings. The van der Waals surface area contributed by atoms with Crippen molar-refractivity contribution in [2.45, 2.75) is 6.54 Å². The van der Waals surface area contributed by atoms with Crippen LogP contribution in [-0.2, 0) is 16.1 Å². The quantitative estimate of drug-likeness (QED) is 0.502. The maximum atomic E-state index is 14.3. The molecule has 1 N–H and O–H groups in total. The number of benzene rings is 3.